The van der Waals surface area contributed by atoms with E-state index in [0.29, 0.717) is 0 Å². The Labute approximate surface area is 116 Å². The molecule has 0 aliphatic rings. The van der Waals surface area contributed by atoms with E-state index in [0.717, 1.165) is 27.7 Å². The summed E-state index contributed by atoms with van der Waals surface area (Å²) in [7, 11) is 0. The second-order valence-electron chi connectivity index (χ2n) is 4.78. The van der Waals surface area contributed by atoms with E-state index in [2.05, 4.69) is 35.3 Å². The molecule has 2 heteroatoms. The van der Waals surface area contributed by atoms with Gasteiger partial charge in [-0.1, -0.05) is 60.7 Å². The van der Waals surface area contributed by atoms with Gasteiger partial charge in [0, 0.05) is 10.9 Å². The Morgan fingerprint density at radius 1 is 0.700 bits per heavy atom. The van der Waals surface area contributed by atoms with Crippen LogP contribution in [-0.2, 0) is 0 Å². The van der Waals surface area contributed by atoms with Crippen LogP contribution in [0, 0.1) is 0 Å². The van der Waals surface area contributed by atoms with Gasteiger partial charge in [0.25, 0.3) is 0 Å². The Hall–Kier alpha value is -2.74. The van der Waals surface area contributed by atoms with Gasteiger partial charge < -0.3 is 0 Å². The first kappa shape index (κ1) is 11.1. The lowest BCUT2D eigenvalue weighted by molar-refractivity contribution is 1.30. The van der Waals surface area contributed by atoms with Crippen LogP contribution in [0.1, 0.15) is 0 Å². The molecule has 1 heterocycles. The van der Waals surface area contributed by atoms with Crippen molar-refractivity contribution >= 4 is 21.8 Å². The summed E-state index contributed by atoms with van der Waals surface area (Å²) in [6, 6.07) is 22.6. The fourth-order valence-electron chi connectivity index (χ4n) is 2.49. The van der Waals surface area contributed by atoms with E-state index < -0.39 is 0 Å². The molecule has 0 atom stereocenters. The molecule has 0 aliphatic carbocycles. The van der Waals surface area contributed by atoms with E-state index in [1.807, 2.05) is 42.6 Å². The summed E-state index contributed by atoms with van der Waals surface area (Å²) < 4.78 is 0. The van der Waals surface area contributed by atoms with Crippen molar-refractivity contribution in [1.82, 2.24) is 9.97 Å². The van der Waals surface area contributed by atoms with Crippen molar-refractivity contribution < 1.29 is 0 Å². The van der Waals surface area contributed by atoms with Crippen LogP contribution < -0.4 is 0 Å². The van der Waals surface area contributed by atoms with E-state index in [9.17, 15) is 0 Å². The number of fused-ring (bicyclic) bond motifs is 3. The molecule has 0 amide bonds. The van der Waals surface area contributed by atoms with Gasteiger partial charge in [-0.3, -0.25) is 4.98 Å². The molecule has 20 heavy (non-hydrogen) atoms. The zero-order chi connectivity index (χ0) is 13.4. The summed E-state index contributed by atoms with van der Waals surface area (Å²) in [5.41, 5.74) is 3.90. The van der Waals surface area contributed by atoms with E-state index >= 15 is 0 Å². The Kier molecular flexibility index (Phi) is 2.46. The molecule has 94 valence electrons. The van der Waals surface area contributed by atoms with E-state index in [-0.39, 0.29) is 0 Å². The first-order valence-electron chi connectivity index (χ1n) is 6.62. The van der Waals surface area contributed by atoms with Crippen LogP contribution in [0.4, 0.5) is 0 Å². The van der Waals surface area contributed by atoms with Gasteiger partial charge in [0.2, 0.25) is 0 Å². The van der Waals surface area contributed by atoms with Gasteiger partial charge in [-0.2, -0.15) is 0 Å². The third-order valence-electron chi connectivity index (χ3n) is 3.51. The third-order valence-corrected chi connectivity index (χ3v) is 3.51. The maximum Gasteiger partial charge on any atom is 0.0972 e. The smallest absolute Gasteiger partial charge is 0.0972 e. The Morgan fingerprint density at radius 3 is 2.40 bits per heavy atom. The first-order valence-corrected chi connectivity index (χ1v) is 6.62. The summed E-state index contributed by atoms with van der Waals surface area (Å²) >= 11 is 0. The molecule has 0 N–H and O–H groups in total. The van der Waals surface area contributed by atoms with Crippen molar-refractivity contribution in [2.45, 2.75) is 0 Å². The number of hydrogen-bond donors (Lipinski definition) is 0. The molecular formula is C18H12N2. The maximum absolute atomic E-state index is 4.81. The number of rotatable bonds is 1. The largest absolute Gasteiger partial charge is 0.252 e. The average molecular weight is 256 g/mol. The fourth-order valence-corrected chi connectivity index (χ4v) is 2.49. The summed E-state index contributed by atoms with van der Waals surface area (Å²) in [5, 5.41) is 2.34. The standard InChI is InChI=1S/C18H12N2/c1-2-7-14(8-3-1)17-12-19-16-11-10-13-6-4-5-9-15(13)18(16)20-17/h1-12H. The lowest BCUT2D eigenvalue weighted by Gasteiger charge is -2.05. The van der Waals surface area contributed by atoms with Crippen molar-refractivity contribution in [2.24, 2.45) is 0 Å². The Bertz CT molecular complexity index is 899. The maximum atomic E-state index is 4.81. The van der Waals surface area contributed by atoms with Crippen molar-refractivity contribution in [3.63, 3.8) is 0 Å². The molecule has 0 radical (unpaired) electrons. The predicted molar refractivity (Wildman–Crippen MR) is 82.5 cm³/mol. The van der Waals surface area contributed by atoms with E-state index in [1.165, 1.54) is 5.39 Å². The molecular weight excluding hydrogens is 244 g/mol. The third kappa shape index (κ3) is 1.74. The number of hydrogen-bond acceptors (Lipinski definition) is 2. The van der Waals surface area contributed by atoms with Crippen LogP contribution >= 0.6 is 0 Å². The molecule has 0 aliphatic heterocycles. The van der Waals surface area contributed by atoms with Gasteiger partial charge >= 0.3 is 0 Å². The van der Waals surface area contributed by atoms with Gasteiger partial charge in [-0.05, 0) is 11.5 Å². The summed E-state index contributed by atoms with van der Waals surface area (Å²) in [4.78, 5) is 9.36. The minimum atomic E-state index is 0.912. The minimum absolute atomic E-state index is 0.912. The molecule has 4 aromatic rings. The second kappa shape index (κ2) is 4.42. The lowest BCUT2D eigenvalue weighted by atomic mass is 10.1. The SMILES string of the molecule is c1ccc(-c2cnc3ccc4ccccc4c3n2)cc1. The van der Waals surface area contributed by atoms with Gasteiger partial charge in [-0.15, -0.1) is 0 Å². The van der Waals surface area contributed by atoms with Crippen LogP contribution in [0.25, 0.3) is 33.1 Å². The molecule has 4 rings (SSSR count). The summed E-state index contributed by atoms with van der Waals surface area (Å²) in [5.74, 6) is 0. The summed E-state index contributed by atoms with van der Waals surface area (Å²) in [6.45, 7) is 0. The molecule has 0 saturated carbocycles. The van der Waals surface area contributed by atoms with Crippen molar-refractivity contribution in [3.05, 3.63) is 72.9 Å². The van der Waals surface area contributed by atoms with E-state index in [4.69, 9.17) is 4.98 Å². The van der Waals surface area contributed by atoms with Crippen LogP contribution in [0.3, 0.4) is 0 Å². The fraction of sp³-hybridized carbons (Fsp3) is 0. The number of benzene rings is 3. The summed E-state index contributed by atoms with van der Waals surface area (Å²) in [6.07, 6.45) is 1.84. The molecule has 0 saturated heterocycles. The van der Waals surface area contributed by atoms with Crippen LogP contribution in [0.2, 0.25) is 0 Å². The van der Waals surface area contributed by atoms with Gasteiger partial charge in [-0.25, -0.2) is 4.98 Å². The van der Waals surface area contributed by atoms with Crippen LogP contribution in [0.5, 0.6) is 0 Å². The van der Waals surface area contributed by atoms with Crippen molar-refractivity contribution in [3.8, 4) is 11.3 Å². The highest BCUT2D eigenvalue weighted by molar-refractivity contribution is 6.04. The molecule has 1 aromatic heterocycles. The Morgan fingerprint density at radius 2 is 1.50 bits per heavy atom. The quantitative estimate of drug-likeness (QED) is 0.470. The van der Waals surface area contributed by atoms with Gasteiger partial charge in [0.15, 0.2) is 0 Å². The van der Waals surface area contributed by atoms with Gasteiger partial charge in [0.05, 0.1) is 22.9 Å². The molecule has 0 spiro atoms. The minimum Gasteiger partial charge on any atom is -0.252 e. The molecule has 0 bridgehead atoms. The normalized spacial score (nSPS) is 11.0. The second-order valence-corrected chi connectivity index (χ2v) is 4.78. The molecule has 0 fully saturated rings. The highest BCUT2D eigenvalue weighted by Crippen LogP contribution is 2.25. The number of aromatic nitrogens is 2. The van der Waals surface area contributed by atoms with Crippen molar-refractivity contribution in [1.29, 1.82) is 0 Å². The zero-order valence-electron chi connectivity index (χ0n) is 10.8. The van der Waals surface area contributed by atoms with Crippen LogP contribution in [0.15, 0.2) is 72.9 Å². The topological polar surface area (TPSA) is 25.8 Å². The zero-order valence-corrected chi connectivity index (χ0v) is 10.8. The monoisotopic (exact) mass is 256 g/mol. The average Bonchev–Trinajstić information content (AvgIpc) is 2.55. The first-order chi connectivity index (χ1) is 9.92. The molecule has 2 nitrogen and oxygen atoms in total. The highest BCUT2D eigenvalue weighted by Gasteiger charge is 2.05. The molecule has 0 unspecified atom stereocenters. The van der Waals surface area contributed by atoms with Crippen LogP contribution in [-0.4, -0.2) is 9.97 Å². The highest BCUT2D eigenvalue weighted by atomic mass is 14.8. The van der Waals surface area contributed by atoms with E-state index in [1.54, 1.807) is 0 Å². The van der Waals surface area contributed by atoms with Crippen molar-refractivity contribution in [2.75, 3.05) is 0 Å². The molecule has 3 aromatic carbocycles. The van der Waals surface area contributed by atoms with Gasteiger partial charge in [0.1, 0.15) is 0 Å². The lowest BCUT2D eigenvalue weighted by Crippen LogP contribution is -1.89. The predicted octanol–water partition coefficient (Wildman–Crippen LogP) is 4.45. The Balaban J connectivity index is 2.05. The number of nitrogens with zero attached hydrogens (tertiary/aromatic N) is 2.